The first kappa shape index (κ1) is 58.2. The van der Waals surface area contributed by atoms with Crippen molar-refractivity contribution in [2.24, 2.45) is 23.7 Å². The van der Waals surface area contributed by atoms with Gasteiger partial charge in [0.15, 0.2) is 12.6 Å². The van der Waals surface area contributed by atoms with Crippen LogP contribution in [0.4, 0.5) is 0 Å². The van der Waals surface area contributed by atoms with Crippen LogP contribution in [-0.2, 0) is 47.5 Å². The number of hydrogen-bond donors (Lipinski definition) is 5. The molecular formula is C53H83N3O15. The van der Waals surface area contributed by atoms with Gasteiger partial charge in [0.25, 0.3) is 0 Å². The van der Waals surface area contributed by atoms with Gasteiger partial charge in [-0.3, -0.25) is 19.4 Å². The van der Waals surface area contributed by atoms with Gasteiger partial charge in [0.05, 0.1) is 54.2 Å². The number of nitrogens with one attached hydrogen (secondary N) is 1. The third-order valence-electron chi connectivity index (χ3n) is 15.4. The van der Waals surface area contributed by atoms with Crippen molar-refractivity contribution in [3.05, 3.63) is 48.8 Å². The van der Waals surface area contributed by atoms with Crippen molar-refractivity contribution in [1.82, 2.24) is 15.2 Å². The molecule has 5 N–H and O–H groups in total. The Kier molecular flexibility index (Phi) is 20.5. The Morgan fingerprint density at radius 2 is 1.56 bits per heavy atom. The minimum atomic E-state index is -2.01. The fraction of sp³-hybridized carbons (Fsp3) is 0.736. The van der Waals surface area contributed by atoms with Gasteiger partial charge >= 0.3 is 5.97 Å². The van der Waals surface area contributed by atoms with Crippen molar-refractivity contribution in [3.63, 3.8) is 0 Å². The van der Waals surface area contributed by atoms with Gasteiger partial charge in [-0.2, -0.15) is 0 Å². The van der Waals surface area contributed by atoms with E-state index in [1.165, 1.54) is 28.1 Å². The Bertz CT molecular complexity index is 2010. The van der Waals surface area contributed by atoms with Crippen LogP contribution < -0.4 is 10.1 Å². The summed E-state index contributed by atoms with van der Waals surface area (Å²) in [5, 5.41) is 49.5. The maximum atomic E-state index is 14.4. The Morgan fingerprint density at radius 3 is 2.18 bits per heavy atom. The number of methoxy groups -OCH3 is 2. The normalized spacial score (nSPS) is 38.8. The zero-order chi connectivity index (χ0) is 52.6. The molecule has 0 unspecified atom stereocenters. The zero-order valence-corrected chi connectivity index (χ0v) is 44.1. The molecule has 3 fully saturated rings. The van der Waals surface area contributed by atoms with Gasteiger partial charge in [0, 0.05) is 69.8 Å². The Balaban J connectivity index is 1.37. The lowest BCUT2D eigenvalue weighted by Gasteiger charge is -2.50. The molecule has 0 saturated carbocycles. The number of benzene rings is 1. The van der Waals surface area contributed by atoms with Crippen LogP contribution in [0.5, 0.6) is 5.75 Å². The summed E-state index contributed by atoms with van der Waals surface area (Å²) < 4.78 is 50.4. The minimum absolute atomic E-state index is 0.0461. The van der Waals surface area contributed by atoms with Crippen LogP contribution in [-0.4, -0.2) is 173 Å². The van der Waals surface area contributed by atoms with E-state index in [2.05, 4.69) is 10.3 Å². The van der Waals surface area contributed by atoms with Gasteiger partial charge in [0.2, 0.25) is 5.91 Å². The first-order valence-electron chi connectivity index (χ1n) is 25.2. The number of rotatable bonds is 16. The molecule has 0 bridgehead atoms. The molecule has 400 valence electrons. The Morgan fingerprint density at radius 1 is 0.887 bits per heavy atom. The highest BCUT2D eigenvalue weighted by molar-refractivity contribution is 5.83. The maximum absolute atomic E-state index is 14.4. The molecule has 4 heterocycles. The predicted molar refractivity (Wildman–Crippen MR) is 263 cm³/mol. The molecule has 3 aliphatic rings. The third-order valence-corrected chi connectivity index (χ3v) is 15.4. The molecule has 3 saturated heterocycles. The number of hydrogen-bond acceptors (Lipinski definition) is 17. The quantitative estimate of drug-likeness (QED) is 0.115. The summed E-state index contributed by atoms with van der Waals surface area (Å²) in [7, 11) is 4.80. The average Bonchev–Trinajstić information content (AvgIpc) is 3.35. The summed E-state index contributed by atoms with van der Waals surface area (Å²) in [5.74, 6) is -4.34. The fourth-order valence-corrected chi connectivity index (χ4v) is 10.7. The van der Waals surface area contributed by atoms with Crippen molar-refractivity contribution >= 4 is 17.7 Å². The number of aliphatic hydroxyl groups excluding tert-OH is 3. The summed E-state index contributed by atoms with van der Waals surface area (Å²) in [5.41, 5.74) is -2.43. The lowest BCUT2D eigenvalue weighted by molar-refractivity contribution is -0.319. The molecule has 0 aliphatic carbocycles. The SMILES string of the molecule is CC[C@H]1OC(=O)[C@H](C)[C@@H](O[C@H]2C[C@@](C)(OC)[C@@H](O)[C@H](C)O2)[C@H](C)[C@@H](O[C@H]2O[C@H](C)C[C@H](N(C)CCC(=O)NCCOc3ccc(-c4cccnc4)cc3)[C@H]2O)[C@](C)(OC)C[C@@H](C)C(=O)[C@H](C)[C@@H](O)[C@]1(C)O. The number of Topliss-reactive ketones (excluding diaryl/α,β-unsaturated/α-hetero) is 1. The van der Waals surface area contributed by atoms with E-state index in [0.29, 0.717) is 25.3 Å². The molecule has 2 aromatic rings. The number of ketones is 1. The number of ether oxygens (including phenoxy) is 8. The second kappa shape index (κ2) is 25.0. The number of amides is 1. The molecule has 3 aliphatic heterocycles. The summed E-state index contributed by atoms with van der Waals surface area (Å²) in [6.07, 6.45) is -6.29. The molecule has 18 nitrogen and oxygen atoms in total. The number of nitrogens with zero attached hydrogens (tertiary/aromatic N) is 2. The van der Waals surface area contributed by atoms with Crippen LogP contribution in [0.1, 0.15) is 101 Å². The van der Waals surface area contributed by atoms with Crippen molar-refractivity contribution < 1.29 is 72.7 Å². The van der Waals surface area contributed by atoms with Gasteiger partial charge in [-0.15, -0.1) is 0 Å². The molecule has 5 rings (SSSR count). The number of esters is 1. The summed E-state index contributed by atoms with van der Waals surface area (Å²) in [4.78, 5) is 47.8. The lowest BCUT2D eigenvalue weighted by atomic mass is 9.74. The second-order valence-corrected chi connectivity index (χ2v) is 20.9. The van der Waals surface area contributed by atoms with Crippen molar-refractivity contribution in [3.8, 4) is 16.9 Å². The highest BCUT2D eigenvalue weighted by Crippen LogP contribution is 2.42. The van der Waals surface area contributed by atoms with Gasteiger partial charge in [-0.05, 0) is 97.2 Å². The number of carbonyl (C=O) groups is 3. The average molecular weight is 1000 g/mol. The Labute approximate surface area is 420 Å². The molecule has 1 aromatic heterocycles. The number of likely N-dealkylation sites (N-methyl/N-ethyl adjacent to an activating group) is 1. The third kappa shape index (κ3) is 13.9. The lowest BCUT2D eigenvalue weighted by Crippen LogP contribution is -2.61. The molecule has 0 radical (unpaired) electrons. The molecule has 18 atom stereocenters. The number of aliphatic hydroxyl groups is 4. The first-order chi connectivity index (χ1) is 33.4. The van der Waals surface area contributed by atoms with E-state index in [1.807, 2.05) is 62.2 Å². The summed E-state index contributed by atoms with van der Waals surface area (Å²) in [6.45, 7) is 17.7. The highest BCUT2D eigenvalue weighted by Gasteiger charge is 2.54. The first-order valence-corrected chi connectivity index (χ1v) is 25.2. The summed E-state index contributed by atoms with van der Waals surface area (Å²) >= 11 is 0. The predicted octanol–water partition coefficient (Wildman–Crippen LogP) is 4.46. The van der Waals surface area contributed by atoms with E-state index in [-0.39, 0.29) is 44.0 Å². The highest BCUT2D eigenvalue weighted by atomic mass is 16.7. The van der Waals surface area contributed by atoms with Crippen molar-refractivity contribution in [1.29, 1.82) is 0 Å². The zero-order valence-electron chi connectivity index (χ0n) is 44.1. The number of aromatic nitrogens is 1. The van der Waals surface area contributed by atoms with E-state index in [9.17, 15) is 34.8 Å². The van der Waals surface area contributed by atoms with Crippen LogP contribution in [0, 0.1) is 23.7 Å². The van der Waals surface area contributed by atoms with Gasteiger partial charge in [-0.1, -0.05) is 45.9 Å². The van der Waals surface area contributed by atoms with Gasteiger partial charge in [-0.25, -0.2) is 0 Å². The van der Waals surface area contributed by atoms with Crippen LogP contribution in [0.3, 0.4) is 0 Å². The van der Waals surface area contributed by atoms with Crippen molar-refractivity contribution in [2.75, 3.05) is 41.0 Å². The molecule has 18 heteroatoms. The van der Waals surface area contributed by atoms with E-state index >= 15 is 0 Å². The fourth-order valence-electron chi connectivity index (χ4n) is 10.7. The number of pyridine rings is 1. The molecule has 71 heavy (non-hydrogen) atoms. The van der Waals surface area contributed by atoms with Crippen molar-refractivity contribution in [2.45, 2.75) is 186 Å². The molecule has 1 amide bonds. The van der Waals surface area contributed by atoms with E-state index in [1.54, 1.807) is 53.9 Å². The van der Waals surface area contributed by atoms with E-state index in [0.717, 1.165) is 11.1 Å². The molecule has 1 aromatic carbocycles. The van der Waals surface area contributed by atoms with Gasteiger partial charge < -0.3 is 68.5 Å². The Hall–Kier alpha value is -3.66. The maximum Gasteiger partial charge on any atom is 0.311 e. The van der Waals surface area contributed by atoms with Crippen LogP contribution >= 0.6 is 0 Å². The number of carbonyl (C=O) groups excluding carboxylic acids is 3. The molecular weight excluding hydrogens is 919 g/mol. The monoisotopic (exact) mass is 1000 g/mol. The number of cyclic esters (lactones) is 1. The van der Waals surface area contributed by atoms with Gasteiger partial charge in [0.1, 0.15) is 42.1 Å². The van der Waals surface area contributed by atoms with Crippen LogP contribution in [0.2, 0.25) is 0 Å². The van der Waals surface area contributed by atoms with Crippen LogP contribution in [0.15, 0.2) is 48.8 Å². The minimum Gasteiger partial charge on any atom is -0.492 e. The van der Waals surface area contributed by atoms with E-state index in [4.69, 9.17) is 37.9 Å². The van der Waals surface area contributed by atoms with Crippen LogP contribution in [0.25, 0.3) is 11.1 Å². The molecule has 0 spiro atoms. The summed E-state index contributed by atoms with van der Waals surface area (Å²) in [6, 6.07) is 11.0. The smallest absolute Gasteiger partial charge is 0.311 e. The van der Waals surface area contributed by atoms with E-state index < -0.39 is 114 Å². The topological polar surface area (TPSA) is 234 Å². The standard InChI is InChI=1S/C53H83N3O15/c1-14-40-53(10,63)46(60)32(4)43(58)30(2)27-52(9,65-13)48(33(5)45(34(6)49(62)69-40)70-42-28-51(8,64-12)47(61)35(7)68-42)71-50-44(59)39(26-31(3)67-50)56(11)24-21-41(57)55-23-25-66-38-19-17-36(18-20-38)37-16-15-22-54-29-37/h15-20,22,29-35,39-40,42,44-48,50,59-61,63H,14,21,23-28H2,1-13H3,(H,55,57)/t30-,31-,32+,33+,34-,35+,39+,40-,42+,44-,45+,46-,47+,48-,50-,51-,52-,53-/m1/s1. The largest absolute Gasteiger partial charge is 0.492 e. The second-order valence-electron chi connectivity index (χ2n) is 20.9.